The van der Waals surface area contributed by atoms with Crippen molar-refractivity contribution in [1.29, 1.82) is 0 Å². The summed E-state index contributed by atoms with van der Waals surface area (Å²) in [6.07, 6.45) is 2.89. The zero-order valence-corrected chi connectivity index (χ0v) is 14.3. The monoisotopic (exact) mass is 335 g/mol. The molecule has 24 heavy (non-hydrogen) atoms. The third-order valence-corrected chi connectivity index (χ3v) is 4.07. The van der Waals surface area contributed by atoms with Crippen molar-refractivity contribution in [3.8, 4) is 5.75 Å². The number of methoxy groups -OCH3 is 2. The smallest absolute Gasteiger partial charge is 0.341 e. The topological polar surface area (TPSA) is 88.7 Å². The highest BCUT2D eigenvalue weighted by Gasteiger charge is 2.28. The molecule has 1 aromatic rings. The van der Waals surface area contributed by atoms with Crippen LogP contribution in [0.4, 0.5) is 0 Å². The van der Waals surface area contributed by atoms with E-state index in [2.05, 4.69) is 23.1 Å². The first-order chi connectivity index (χ1) is 11.6. The lowest BCUT2D eigenvalue weighted by Crippen LogP contribution is -2.43. The molecule has 0 aromatic heterocycles. The molecule has 0 bridgehead atoms. The Morgan fingerprint density at radius 1 is 1.29 bits per heavy atom. The lowest BCUT2D eigenvalue weighted by atomic mass is 10.1. The molecule has 0 aliphatic carbocycles. The van der Waals surface area contributed by atoms with Gasteiger partial charge in [-0.25, -0.2) is 10.2 Å². The van der Waals surface area contributed by atoms with Crippen molar-refractivity contribution >= 4 is 11.9 Å². The van der Waals surface area contributed by atoms with Gasteiger partial charge in [0.1, 0.15) is 17.4 Å². The molecule has 1 saturated heterocycles. The summed E-state index contributed by atoms with van der Waals surface area (Å²) in [7, 11) is 2.82. The van der Waals surface area contributed by atoms with E-state index in [1.807, 2.05) is 6.07 Å². The zero-order chi connectivity index (χ0) is 17.5. The van der Waals surface area contributed by atoms with Crippen molar-refractivity contribution in [2.75, 3.05) is 14.2 Å². The van der Waals surface area contributed by atoms with Crippen molar-refractivity contribution < 1.29 is 19.1 Å². The van der Waals surface area contributed by atoms with E-state index in [0.717, 1.165) is 24.8 Å². The second kappa shape index (κ2) is 8.65. The maximum atomic E-state index is 12.2. The Balaban J connectivity index is 1.94. The molecule has 2 rings (SSSR count). The van der Waals surface area contributed by atoms with Crippen LogP contribution in [0.25, 0.3) is 0 Å². The number of hydrogen-bond acceptors (Lipinski definition) is 6. The van der Waals surface area contributed by atoms with Crippen molar-refractivity contribution in [3.05, 3.63) is 29.3 Å². The standard InChI is InChI=1S/C17H25N3O4/c1-4-5-12-9-14(20-19-12)16(21)18-10-11-6-7-15(23-2)13(8-11)17(22)24-3/h6-8,12,14,19-20H,4-5,9-10H2,1-3H3,(H,18,21). The highest BCUT2D eigenvalue weighted by atomic mass is 16.5. The van der Waals surface area contributed by atoms with Crippen LogP contribution in [0, 0.1) is 0 Å². The first-order valence-electron chi connectivity index (χ1n) is 8.13. The summed E-state index contributed by atoms with van der Waals surface area (Å²) >= 11 is 0. The lowest BCUT2D eigenvalue weighted by molar-refractivity contribution is -0.123. The molecule has 0 saturated carbocycles. The number of nitrogens with one attached hydrogen (secondary N) is 3. The fourth-order valence-corrected chi connectivity index (χ4v) is 2.78. The molecule has 1 amide bonds. The summed E-state index contributed by atoms with van der Waals surface area (Å²) < 4.78 is 9.91. The third-order valence-electron chi connectivity index (χ3n) is 4.07. The van der Waals surface area contributed by atoms with E-state index in [-0.39, 0.29) is 11.9 Å². The van der Waals surface area contributed by atoms with Crippen LogP contribution in [0.3, 0.4) is 0 Å². The SMILES string of the molecule is CCCC1CC(C(=O)NCc2ccc(OC)c(C(=O)OC)c2)NN1. The van der Waals surface area contributed by atoms with E-state index in [9.17, 15) is 9.59 Å². The second-order valence-electron chi connectivity index (χ2n) is 5.81. The van der Waals surface area contributed by atoms with Crippen molar-refractivity contribution in [2.24, 2.45) is 0 Å². The Morgan fingerprint density at radius 2 is 2.08 bits per heavy atom. The van der Waals surface area contributed by atoms with Gasteiger partial charge >= 0.3 is 5.97 Å². The van der Waals surface area contributed by atoms with Crippen LogP contribution >= 0.6 is 0 Å². The Hall–Kier alpha value is -2.12. The molecule has 2 atom stereocenters. The zero-order valence-electron chi connectivity index (χ0n) is 14.3. The first-order valence-corrected chi connectivity index (χ1v) is 8.13. The summed E-state index contributed by atoms with van der Waals surface area (Å²) in [5.41, 5.74) is 7.32. The van der Waals surface area contributed by atoms with Crippen LogP contribution in [0.15, 0.2) is 18.2 Å². The molecule has 1 aliphatic rings. The van der Waals surface area contributed by atoms with Crippen LogP contribution in [0.2, 0.25) is 0 Å². The summed E-state index contributed by atoms with van der Waals surface area (Å²) in [6, 6.07) is 5.27. The molecule has 1 heterocycles. The van der Waals surface area contributed by atoms with E-state index in [0.29, 0.717) is 23.9 Å². The highest BCUT2D eigenvalue weighted by molar-refractivity contribution is 5.92. The van der Waals surface area contributed by atoms with Gasteiger partial charge in [0.2, 0.25) is 5.91 Å². The first kappa shape index (κ1) is 18.2. The van der Waals surface area contributed by atoms with Gasteiger partial charge < -0.3 is 14.8 Å². The summed E-state index contributed by atoms with van der Waals surface area (Å²) in [5.74, 6) is -0.0818. The number of ether oxygens (including phenoxy) is 2. The highest BCUT2D eigenvalue weighted by Crippen LogP contribution is 2.21. The predicted molar refractivity (Wildman–Crippen MR) is 89.6 cm³/mol. The minimum absolute atomic E-state index is 0.0588. The summed E-state index contributed by atoms with van der Waals surface area (Å²) in [4.78, 5) is 24.0. The molecule has 3 N–H and O–H groups in total. The van der Waals surface area contributed by atoms with E-state index < -0.39 is 5.97 Å². The number of benzene rings is 1. The number of carbonyl (C=O) groups is 2. The van der Waals surface area contributed by atoms with Crippen LogP contribution in [0.5, 0.6) is 5.75 Å². The third kappa shape index (κ3) is 4.46. The van der Waals surface area contributed by atoms with Gasteiger partial charge in [-0.15, -0.1) is 0 Å². The number of rotatable bonds is 7. The maximum absolute atomic E-state index is 12.2. The molecule has 2 unspecified atom stereocenters. The van der Waals surface area contributed by atoms with Crippen LogP contribution < -0.4 is 20.9 Å². The molecule has 0 radical (unpaired) electrons. The molecule has 1 fully saturated rings. The van der Waals surface area contributed by atoms with Crippen LogP contribution in [-0.4, -0.2) is 38.2 Å². The summed E-state index contributed by atoms with van der Waals surface area (Å²) in [6.45, 7) is 2.46. The van der Waals surface area contributed by atoms with Crippen molar-refractivity contribution in [2.45, 2.75) is 44.8 Å². The largest absolute Gasteiger partial charge is 0.496 e. The van der Waals surface area contributed by atoms with E-state index in [1.54, 1.807) is 12.1 Å². The number of amides is 1. The van der Waals surface area contributed by atoms with Gasteiger partial charge in [-0.05, 0) is 30.5 Å². The molecule has 1 aromatic carbocycles. The molecular formula is C17H25N3O4. The maximum Gasteiger partial charge on any atom is 0.341 e. The minimum Gasteiger partial charge on any atom is -0.496 e. The average molecular weight is 335 g/mol. The Kier molecular flexibility index (Phi) is 6.57. The summed E-state index contributed by atoms with van der Waals surface area (Å²) in [5, 5.41) is 2.89. The van der Waals surface area contributed by atoms with Crippen LogP contribution in [0.1, 0.15) is 42.1 Å². The number of hydrazine groups is 1. The fraction of sp³-hybridized carbons (Fsp3) is 0.529. The van der Waals surface area contributed by atoms with Crippen molar-refractivity contribution in [1.82, 2.24) is 16.2 Å². The number of carbonyl (C=O) groups excluding carboxylic acids is 2. The molecule has 0 spiro atoms. The Morgan fingerprint density at radius 3 is 2.75 bits per heavy atom. The quantitative estimate of drug-likeness (QED) is 0.648. The van der Waals surface area contributed by atoms with Gasteiger partial charge in [-0.2, -0.15) is 0 Å². The molecule has 7 nitrogen and oxygen atoms in total. The van der Waals surface area contributed by atoms with Gasteiger partial charge in [0.15, 0.2) is 0 Å². The normalized spacial score (nSPS) is 19.8. The number of hydrogen-bond donors (Lipinski definition) is 3. The molecule has 132 valence electrons. The van der Waals surface area contributed by atoms with Crippen LogP contribution in [-0.2, 0) is 16.1 Å². The molecular weight excluding hydrogens is 310 g/mol. The average Bonchev–Trinajstić information content (AvgIpc) is 3.07. The predicted octanol–water partition coefficient (Wildman–Crippen LogP) is 1.13. The minimum atomic E-state index is -0.468. The number of esters is 1. The second-order valence-corrected chi connectivity index (χ2v) is 5.81. The molecule has 7 heteroatoms. The Bertz CT molecular complexity index is 591. The van der Waals surface area contributed by atoms with Gasteiger partial charge in [0.05, 0.1) is 14.2 Å². The van der Waals surface area contributed by atoms with Crippen molar-refractivity contribution in [3.63, 3.8) is 0 Å². The van der Waals surface area contributed by atoms with Gasteiger partial charge in [-0.3, -0.25) is 10.2 Å². The van der Waals surface area contributed by atoms with Gasteiger partial charge in [0.25, 0.3) is 0 Å². The van der Waals surface area contributed by atoms with E-state index in [1.165, 1.54) is 14.2 Å². The van der Waals surface area contributed by atoms with E-state index >= 15 is 0 Å². The van der Waals surface area contributed by atoms with Gasteiger partial charge in [-0.1, -0.05) is 19.4 Å². The lowest BCUT2D eigenvalue weighted by Gasteiger charge is -2.12. The Labute approximate surface area is 142 Å². The van der Waals surface area contributed by atoms with Gasteiger partial charge in [0, 0.05) is 12.6 Å². The fourth-order valence-electron chi connectivity index (χ4n) is 2.78. The van der Waals surface area contributed by atoms with E-state index in [4.69, 9.17) is 9.47 Å². The molecule has 1 aliphatic heterocycles.